The molecule has 1 aliphatic carbocycles. The molecular formula is C37H40N2O2. The summed E-state index contributed by atoms with van der Waals surface area (Å²) in [6.07, 6.45) is 4.92. The first-order valence-corrected chi connectivity index (χ1v) is 15.3. The van der Waals surface area contributed by atoms with Gasteiger partial charge in [0, 0.05) is 35.6 Å². The quantitative estimate of drug-likeness (QED) is 0.250. The molecule has 0 amide bonds. The van der Waals surface area contributed by atoms with E-state index in [0.29, 0.717) is 31.2 Å². The smallest absolute Gasteiger partial charge is 0.161 e. The van der Waals surface area contributed by atoms with Crippen LogP contribution in [0.15, 0.2) is 91.0 Å². The van der Waals surface area contributed by atoms with Crippen LogP contribution in [0.1, 0.15) is 85.1 Å². The van der Waals surface area contributed by atoms with Crippen molar-refractivity contribution in [1.29, 1.82) is 0 Å². The monoisotopic (exact) mass is 544 g/mol. The minimum atomic E-state index is 0.441. The van der Waals surface area contributed by atoms with Crippen LogP contribution in [-0.2, 0) is 13.1 Å². The summed E-state index contributed by atoms with van der Waals surface area (Å²) in [4.78, 5) is 4.65. The first-order chi connectivity index (χ1) is 20.1. The summed E-state index contributed by atoms with van der Waals surface area (Å²) < 4.78 is 12.5. The van der Waals surface area contributed by atoms with Gasteiger partial charge in [0.15, 0.2) is 13.5 Å². The zero-order valence-corrected chi connectivity index (χ0v) is 24.3. The van der Waals surface area contributed by atoms with Crippen molar-refractivity contribution in [3.63, 3.8) is 0 Å². The predicted octanol–water partition coefficient (Wildman–Crippen LogP) is 8.96. The van der Waals surface area contributed by atoms with Gasteiger partial charge in [-0.2, -0.15) is 0 Å². The lowest BCUT2D eigenvalue weighted by Gasteiger charge is -2.35. The Bertz CT molecular complexity index is 1490. The molecule has 7 rings (SSSR count). The molecule has 0 spiro atoms. The molecule has 0 saturated heterocycles. The molecule has 0 bridgehead atoms. The van der Waals surface area contributed by atoms with Crippen LogP contribution in [0, 0.1) is 0 Å². The fourth-order valence-electron chi connectivity index (χ4n) is 6.98. The molecule has 2 aliphatic heterocycles. The minimum Gasteiger partial charge on any atom is -0.473 e. The lowest BCUT2D eigenvalue weighted by molar-refractivity contribution is 0.284. The second-order valence-corrected chi connectivity index (χ2v) is 12.3. The van der Waals surface area contributed by atoms with E-state index in [9.17, 15) is 0 Å². The maximum Gasteiger partial charge on any atom is 0.161 e. The topological polar surface area (TPSA) is 24.9 Å². The zero-order chi connectivity index (χ0) is 27.8. The second-order valence-electron chi connectivity index (χ2n) is 12.3. The minimum absolute atomic E-state index is 0.441. The van der Waals surface area contributed by atoms with Gasteiger partial charge in [-0.1, -0.05) is 74.5 Å². The zero-order valence-electron chi connectivity index (χ0n) is 24.3. The number of anilines is 2. The Labute approximate surface area is 244 Å². The van der Waals surface area contributed by atoms with Crippen LogP contribution in [0.5, 0.6) is 11.5 Å². The van der Waals surface area contributed by atoms with Gasteiger partial charge in [0.05, 0.1) is 0 Å². The van der Waals surface area contributed by atoms with Crippen molar-refractivity contribution < 1.29 is 9.47 Å². The SMILES string of the molecule is CC(C)c1cc(C2CCC(c3ccc4c(c3)CN(c3ccccc3)CO4)CC2)cc2c1OCN(c1ccccc1)C2. The molecule has 1 fully saturated rings. The molecular weight excluding hydrogens is 504 g/mol. The van der Waals surface area contributed by atoms with Gasteiger partial charge in [0.1, 0.15) is 11.5 Å². The van der Waals surface area contributed by atoms with Crippen molar-refractivity contribution in [1.82, 2.24) is 0 Å². The third kappa shape index (κ3) is 5.28. The predicted molar refractivity (Wildman–Crippen MR) is 167 cm³/mol. The van der Waals surface area contributed by atoms with Crippen molar-refractivity contribution in [3.8, 4) is 11.5 Å². The van der Waals surface area contributed by atoms with Crippen LogP contribution >= 0.6 is 0 Å². The van der Waals surface area contributed by atoms with Gasteiger partial charge in [-0.05, 0) is 90.5 Å². The summed E-state index contributed by atoms with van der Waals surface area (Å²) >= 11 is 0. The molecule has 210 valence electrons. The molecule has 0 unspecified atom stereocenters. The molecule has 4 aromatic rings. The van der Waals surface area contributed by atoms with Gasteiger partial charge < -0.3 is 19.3 Å². The largest absolute Gasteiger partial charge is 0.473 e. The molecule has 3 aliphatic rings. The van der Waals surface area contributed by atoms with Crippen molar-refractivity contribution in [2.75, 3.05) is 23.3 Å². The van der Waals surface area contributed by atoms with Gasteiger partial charge in [0.2, 0.25) is 0 Å². The van der Waals surface area contributed by atoms with Crippen LogP contribution < -0.4 is 19.3 Å². The summed E-state index contributed by atoms with van der Waals surface area (Å²) in [6.45, 7) is 7.60. The van der Waals surface area contributed by atoms with Crippen molar-refractivity contribution in [2.45, 2.75) is 70.4 Å². The lowest BCUT2D eigenvalue weighted by Crippen LogP contribution is -2.32. The van der Waals surface area contributed by atoms with E-state index in [-0.39, 0.29) is 0 Å². The van der Waals surface area contributed by atoms with Gasteiger partial charge in [0.25, 0.3) is 0 Å². The number of fused-ring (bicyclic) bond motifs is 2. The van der Waals surface area contributed by atoms with E-state index in [4.69, 9.17) is 9.47 Å². The number of benzene rings is 4. The van der Waals surface area contributed by atoms with Gasteiger partial charge in [-0.15, -0.1) is 0 Å². The Morgan fingerprint density at radius 2 is 1.17 bits per heavy atom. The van der Waals surface area contributed by atoms with Gasteiger partial charge >= 0.3 is 0 Å². The van der Waals surface area contributed by atoms with Crippen LogP contribution in [0.4, 0.5) is 11.4 Å². The molecule has 0 atom stereocenters. The number of hydrogen-bond acceptors (Lipinski definition) is 4. The number of hydrogen-bond donors (Lipinski definition) is 0. The summed E-state index contributed by atoms with van der Waals surface area (Å²) in [5.74, 6) is 3.82. The van der Waals surface area contributed by atoms with Crippen molar-refractivity contribution >= 4 is 11.4 Å². The summed E-state index contributed by atoms with van der Waals surface area (Å²) in [7, 11) is 0. The highest BCUT2D eigenvalue weighted by atomic mass is 16.5. The maximum absolute atomic E-state index is 6.39. The number of para-hydroxylation sites is 2. The average Bonchev–Trinajstić information content (AvgIpc) is 3.04. The Morgan fingerprint density at radius 1 is 0.610 bits per heavy atom. The number of nitrogens with zero attached hydrogens (tertiary/aromatic N) is 2. The van der Waals surface area contributed by atoms with E-state index >= 15 is 0 Å². The third-order valence-corrected chi connectivity index (χ3v) is 9.30. The van der Waals surface area contributed by atoms with E-state index in [1.165, 1.54) is 64.9 Å². The number of ether oxygens (including phenoxy) is 2. The normalized spacial score (nSPS) is 20.2. The van der Waals surface area contributed by atoms with Crippen LogP contribution in [0.25, 0.3) is 0 Å². The summed E-state index contributed by atoms with van der Waals surface area (Å²) in [5, 5.41) is 0. The van der Waals surface area contributed by atoms with E-state index in [1.54, 1.807) is 0 Å². The fraction of sp³-hybridized carbons (Fsp3) is 0.351. The summed E-state index contributed by atoms with van der Waals surface area (Å²) in [6, 6.07) is 33.1. The standard InChI is InChI=1S/C37H40N2O2/c1-26(2)35-21-30(20-32-23-39(25-41-37(32)35)34-11-7-4-8-12-34)28-15-13-27(14-16-28)29-17-18-36-31(19-29)22-38(24-40-36)33-9-5-3-6-10-33/h3-12,17-21,26-28H,13-16,22-25H2,1-2H3. The van der Waals surface area contributed by atoms with E-state index < -0.39 is 0 Å². The highest BCUT2D eigenvalue weighted by Crippen LogP contribution is 2.45. The van der Waals surface area contributed by atoms with Crippen LogP contribution in [0.2, 0.25) is 0 Å². The molecule has 0 radical (unpaired) electrons. The average molecular weight is 545 g/mol. The second kappa shape index (κ2) is 11.2. The molecule has 41 heavy (non-hydrogen) atoms. The lowest BCUT2D eigenvalue weighted by atomic mass is 9.75. The molecule has 4 heteroatoms. The van der Waals surface area contributed by atoms with Gasteiger partial charge in [-0.3, -0.25) is 0 Å². The Hall–Kier alpha value is -3.92. The molecule has 4 aromatic carbocycles. The first-order valence-electron chi connectivity index (χ1n) is 15.3. The Morgan fingerprint density at radius 3 is 1.80 bits per heavy atom. The molecule has 4 nitrogen and oxygen atoms in total. The van der Waals surface area contributed by atoms with E-state index in [1.807, 2.05) is 0 Å². The summed E-state index contributed by atoms with van der Waals surface area (Å²) in [5.41, 5.74) is 9.41. The van der Waals surface area contributed by atoms with E-state index in [2.05, 4.69) is 115 Å². The molecule has 0 N–H and O–H groups in total. The highest BCUT2D eigenvalue weighted by molar-refractivity contribution is 5.54. The van der Waals surface area contributed by atoms with Crippen molar-refractivity contribution in [3.05, 3.63) is 119 Å². The Balaban J connectivity index is 1.07. The first kappa shape index (κ1) is 26.0. The molecule has 2 heterocycles. The molecule has 1 saturated carbocycles. The van der Waals surface area contributed by atoms with Crippen molar-refractivity contribution in [2.24, 2.45) is 0 Å². The fourth-order valence-corrected chi connectivity index (χ4v) is 6.98. The third-order valence-electron chi connectivity index (χ3n) is 9.30. The Kier molecular flexibility index (Phi) is 7.08. The van der Waals surface area contributed by atoms with Crippen LogP contribution in [0.3, 0.4) is 0 Å². The van der Waals surface area contributed by atoms with E-state index in [0.717, 1.165) is 24.6 Å². The van der Waals surface area contributed by atoms with Crippen LogP contribution in [-0.4, -0.2) is 13.5 Å². The maximum atomic E-state index is 6.39. The molecule has 0 aromatic heterocycles. The highest BCUT2D eigenvalue weighted by Gasteiger charge is 2.29. The van der Waals surface area contributed by atoms with Gasteiger partial charge in [-0.25, -0.2) is 0 Å². The number of rotatable bonds is 5.